The van der Waals surface area contributed by atoms with Gasteiger partial charge in [0.25, 0.3) is 0 Å². The van der Waals surface area contributed by atoms with Gasteiger partial charge in [0.15, 0.2) is 0 Å². The van der Waals surface area contributed by atoms with E-state index in [0.717, 1.165) is 16.7 Å². The summed E-state index contributed by atoms with van der Waals surface area (Å²) in [6, 6.07) is 10.3. The SMILES string of the molecule is Cc1ccc(F)cc1COc1c(Cl)cccc1CC(C)N. The second-order valence-corrected chi connectivity index (χ2v) is 5.68. The van der Waals surface area contributed by atoms with Crippen molar-refractivity contribution in [3.05, 3.63) is 63.9 Å². The third kappa shape index (κ3) is 4.19. The summed E-state index contributed by atoms with van der Waals surface area (Å²) in [6.07, 6.45) is 0.679. The van der Waals surface area contributed by atoms with Gasteiger partial charge in [-0.1, -0.05) is 29.8 Å². The first-order chi connectivity index (χ1) is 9.97. The maximum atomic E-state index is 13.3. The molecule has 0 radical (unpaired) electrons. The lowest BCUT2D eigenvalue weighted by atomic mass is 10.1. The van der Waals surface area contributed by atoms with Crippen LogP contribution in [0.3, 0.4) is 0 Å². The van der Waals surface area contributed by atoms with E-state index in [1.54, 1.807) is 12.1 Å². The molecule has 2 N–H and O–H groups in total. The molecule has 0 aliphatic heterocycles. The average molecular weight is 308 g/mol. The van der Waals surface area contributed by atoms with E-state index in [4.69, 9.17) is 22.1 Å². The third-order valence-corrected chi connectivity index (χ3v) is 3.57. The van der Waals surface area contributed by atoms with Gasteiger partial charge in [0.2, 0.25) is 0 Å². The number of nitrogens with two attached hydrogens (primary N) is 1. The Bertz CT molecular complexity index is 628. The molecule has 0 saturated heterocycles. The third-order valence-electron chi connectivity index (χ3n) is 3.27. The molecule has 21 heavy (non-hydrogen) atoms. The Morgan fingerprint density at radius 2 is 2.00 bits per heavy atom. The highest BCUT2D eigenvalue weighted by molar-refractivity contribution is 6.32. The fourth-order valence-corrected chi connectivity index (χ4v) is 2.42. The smallest absolute Gasteiger partial charge is 0.141 e. The molecule has 2 nitrogen and oxygen atoms in total. The molecule has 0 bridgehead atoms. The van der Waals surface area contributed by atoms with Gasteiger partial charge in [-0.2, -0.15) is 0 Å². The number of ether oxygens (including phenoxy) is 1. The van der Waals surface area contributed by atoms with Crippen LogP contribution in [0.4, 0.5) is 4.39 Å². The molecule has 0 aliphatic rings. The Labute approximate surface area is 129 Å². The fourth-order valence-electron chi connectivity index (χ4n) is 2.17. The zero-order valence-corrected chi connectivity index (χ0v) is 13.0. The van der Waals surface area contributed by atoms with E-state index < -0.39 is 0 Å². The van der Waals surface area contributed by atoms with E-state index in [2.05, 4.69) is 0 Å². The van der Waals surface area contributed by atoms with Gasteiger partial charge in [-0.25, -0.2) is 4.39 Å². The quantitative estimate of drug-likeness (QED) is 0.896. The number of halogens is 2. The highest BCUT2D eigenvalue weighted by Gasteiger charge is 2.11. The van der Waals surface area contributed by atoms with Crippen molar-refractivity contribution in [2.45, 2.75) is 32.9 Å². The van der Waals surface area contributed by atoms with Crippen LogP contribution in [0.5, 0.6) is 5.75 Å². The van der Waals surface area contributed by atoms with Crippen LogP contribution in [-0.4, -0.2) is 6.04 Å². The molecule has 0 spiro atoms. The predicted octanol–water partition coefficient (Wildman–Crippen LogP) is 4.26. The fraction of sp³-hybridized carbons (Fsp3) is 0.294. The summed E-state index contributed by atoms with van der Waals surface area (Å²) < 4.78 is 19.1. The zero-order chi connectivity index (χ0) is 15.4. The molecule has 2 aromatic rings. The molecule has 0 aliphatic carbocycles. The molecule has 112 valence electrons. The normalized spacial score (nSPS) is 12.2. The van der Waals surface area contributed by atoms with Gasteiger partial charge in [0.1, 0.15) is 18.2 Å². The van der Waals surface area contributed by atoms with E-state index in [9.17, 15) is 4.39 Å². The van der Waals surface area contributed by atoms with Crippen LogP contribution in [0.2, 0.25) is 5.02 Å². The van der Waals surface area contributed by atoms with Crippen molar-refractivity contribution in [2.24, 2.45) is 5.73 Å². The first-order valence-electron chi connectivity index (χ1n) is 6.88. The molecule has 1 atom stereocenters. The summed E-state index contributed by atoms with van der Waals surface area (Å²) in [7, 11) is 0. The van der Waals surface area contributed by atoms with Gasteiger partial charge in [0.05, 0.1) is 5.02 Å². The van der Waals surface area contributed by atoms with E-state index in [1.165, 1.54) is 12.1 Å². The predicted molar refractivity (Wildman–Crippen MR) is 84.3 cm³/mol. The molecule has 0 amide bonds. The van der Waals surface area contributed by atoms with E-state index in [-0.39, 0.29) is 18.5 Å². The highest BCUT2D eigenvalue weighted by Crippen LogP contribution is 2.30. The minimum Gasteiger partial charge on any atom is -0.487 e. The Morgan fingerprint density at radius 1 is 1.24 bits per heavy atom. The van der Waals surface area contributed by atoms with Crippen LogP contribution in [-0.2, 0) is 13.0 Å². The van der Waals surface area contributed by atoms with Crippen molar-refractivity contribution in [2.75, 3.05) is 0 Å². The lowest BCUT2D eigenvalue weighted by Crippen LogP contribution is -2.18. The minimum atomic E-state index is -0.269. The molecule has 0 saturated carbocycles. The largest absolute Gasteiger partial charge is 0.487 e. The Balaban J connectivity index is 2.21. The number of benzene rings is 2. The van der Waals surface area contributed by atoms with Crippen molar-refractivity contribution in [1.29, 1.82) is 0 Å². The molecule has 0 fully saturated rings. The van der Waals surface area contributed by atoms with Crippen molar-refractivity contribution in [3.63, 3.8) is 0 Å². The molecule has 0 heterocycles. The lowest BCUT2D eigenvalue weighted by Gasteiger charge is -2.15. The van der Waals surface area contributed by atoms with Crippen molar-refractivity contribution in [3.8, 4) is 5.75 Å². The van der Waals surface area contributed by atoms with E-state index in [0.29, 0.717) is 17.2 Å². The lowest BCUT2D eigenvalue weighted by molar-refractivity contribution is 0.301. The van der Waals surface area contributed by atoms with Crippen LogP contribution >= 0.6 is 11.6 Å². The standard InChI is InChI=1S/C17H19ClFNO/c1-11-6-7-15(19)9-14(11)10-21-17-13(8-12(2)20)4-3-5-16(17)18/h3-7,9,12H,8,10,20H2,1-2H3. The molecule has 1 unspecified atom stereocenters. The number of hydrogen-bond donors (Lipinski definition) is 1. The van der Waals surface area contributed by atoms with Gasteiger partial charge in [0, 0.05) is 6.04 Å². The summed E-state index contributed by atoms with van der Waals surface area (Å²) >= 11 is 6.21. The Hall–Kier alpha value is -1.58. The zero-order valence-electron chi connectivity index (χ0n) is 12.2. The van der Waals surface area contributed by atoms with Crippen molar-refractivity contribution in [1.82, 2.24) is 0 Å². The summed E-state index contributed by atoms with van der Waals surface area (Å²) in [5, 5.41) is 0.544. The first-order valence-corrected chi connectivity index (χ1v) is 7.26. The van der Waals surface area contributed by atoms with E-state index in [1.807, 2.05) is 26.0 Å². The maximum absolute atomic E-state index is 13.3. The summed E-state index contributed by atoms with van der Waals surface area (Å²) in [6.45, 7) is 4.13. The summed E-state index contributed by atoms with van der Waals surface area (Å²) in [5.41, 5.74) is 8.60. The monoisotopic (exact) mass is 307 g/mol. The van der Waals surface area contributed by atoms with Crippen LogP contribution in [0.15, 0.2) is 36.4 Å². The number of para-hydroxylation sites is 1. The number of hydrogen-bond acceptors (Lipinski definition) is 2. The Morgan fingerprint density at radius 3 is 2.71 bits per heavy atom. The number of aryl methyl sites for hydroxylation is 1. The summed E-state index contributed by atoms with van der Waals surface area (Å²) in [4.78, 5) is 0. The Kier molecular flexibility index (Phi) is 5.21. The topological polar surface area (TPSA) is 35.2 Å². The van der Waals surface area contributed by atoms with Crippen molar-refractivity contribution < 1.29 is 9.13 Å². The van der Waals surface area contributed by atoms with Gasteiger partial charge >= 0.3 is 0 Å². The molecule has 2 rings (SSSR count). The maximum Gasteiger partial charge on any atom is 0.141 e. The second-order valence-electron chi connectivity index (χ2n) is 5.27. The van der Waals surface area contributed by atoms with E-state index >= 15 is 0 Å². The molecular formula is C17H19ClFNO. The van der Waals surface area contributed by atoms with Crippen LogP contribution in [0.25, 0.3) is 0 Å². The van der Waals surface area contributed by atoms with Gasteiger partial charge in [-0.3, -0.25) is 0 Å². The summed E-state index contributed by atoms with van der Waals surface area (Å²) in [5.74, 6) is 0.356. The molecular weight excluding hydrogens is 289 g/mol. The van der Waals surface area contributed by atoms with Crippen LogP contribution in [0, 0.1) is 12.7 Å². The van der Waals surface area contributed by atoms with Gasteiger partial charge in [-0.05, 0) is 55.2 Å². The molecule has 2 aromatic carbocycles. The number of rotatable bonds is 5. The minimum absolute atomic E-state index is 0.0155. The first kappa shape index (κ1) is 15.8. The van der Waals surface area contributed by atoms with Crippen molar-refractivity contribution >= 4 is 11.6 Å². The average Bonchev–Trinajstić information content (AvgIpc) is 2.41. The molecule has 4 heteroatoms. The van der Waals surface area contributed by atoms with Crippen LogP contribution in [0.1, 0.15) is 23.6 Å². The van der Waals surface area contributed by atoms with Gasteiger partial charge in [-0.15, -0.1) is 0 Å². The van der Waals surface area contributed by atoms with Gasteiger partial charge < -0.3 is 10.5 Å². The molecule has 0 aromatic heterocycles. The van der Waals surface area contributed by atoms with Crippen LogP contribution < -0.4 is 10.5 Å². The highest BCUT2D eigenvalue weighted by atomic mass is 35.5. The second kappa shape index (κ2) is 6.92.